The minimum atomic E-state index is -1.05. The lowest BCUT2D eigenvalue weighted by molar-refractivity contribution is -0.137. The van der Waals surface area contributed by atoms with Crippen LogP contribution in [-0.2, 0) is 16.1 Å². The molecule has 2 N–H and O–H groups in total. The largest absolute Gasteiger partial charge is 0.481 e. The van der Waals surface area contributed by atoms with Gasteiger partial charge in [0.1, 0.15) is 6.61 Å². The lowest BCUT2D eigenvalue weighted by atomic mass is 10.1. The molecule has 21 heavy (non-hydrogen) atoms. The minimum Gasteiger partial charge on any atom is -0.481 e. The molecule has 1 heterocycles. The first-order valence-electron chi connectivity index (χ1n) is 6.11. The number of aromatic nitrogens is 2. The number of hydrogen-bond acceptors (Lipinski definition) is 6. The lowest BCUT2D eigenvalue weighted by Crippen LogP contribution is -2.30. The van der Waals surface area contributed by atoms with Crippen molar-refractivity contribution in [1.29, 1.82) is 0 Å². The first-order valence-corrected chi connectivity index (χ1v) is 6.95. The Balaban J connectivity index is 1.90. The van der Waals surface area contributed by atoms with E-state index in [-0.39, 0.29) is 13.0 Å². The summed E-state index contributed by atoms with van der Waals surface area (Å²) in [6, 6.07) is 8.43. The van der Waals surface area contributed by atoms with Gasteiger partial charge in [0.25, 0.3) is 0 Å². The van der Waals surface area contributed by atoms with E-state index >= 15 is 0 Å². The fraction of sp³-hybridized carbons (Fsp3) is 0.231. The van der Waals surface area contributed by atoms with Crippen molar-refractivity contribution in [1.82, 2.24) is 14.9 Å². The molecule has 0 aliphatic carbocycles. The lowest BCUT2D eigenvalue weighted by Gasteiger charge is -2.14. The Bertz CT molecular complexity index is 589. The summed E-state index contributed by atoms with van der Waals surface area (Å²) < 4.78 is 8.71. The number of ether oxygens (including phenoxy) is 1. The molecule has 0 aliphatic heterocycles. The molecule has 2 rings (SSSR count). The van der Waals surface area contributed by atoms with E-state index in [9.17, 15) is 9.59 Å². The molecular formula is C13H13N3O4S. The van der Waals surface area contributed by atoms with Crippen LogP contribution in [0.1, 0.15) is 23.7 Å². The quantitative estimate of drug-likeness (QED) is 0.846. The zero-order chi connectivity index (χ0) is 15.1. The van der Waals surface area contributed by atoms with Gasteiger partial charge in [-0.2, -0.15) is 0 Å². The molecule has 0 saturated carbocycles. The van der Waals surface area contributed by atoms with Crippen LogP contribution in [0.2, 0.25) is 0 Å². The number of rotatable bonds is 6. The maximum absolute atomic E-state index is 11.7. The van der Waals surface area contributed by atoms with Crippen molar-refractivity contribution in [3.8, 4) is 0 Å². The number of nitrogens with one attached hydrogen (secondary N) is 1. The number of carboxylic acid groups (broad SMARTS) is 1. The van der Waals surface area contributed by atoms with Gasteiger partial charge in [-0.05, 0) is 17.1 Å². The minimum absolute atomic E-state index is 0.113. The third-order valence-electron chi connectivity index (χ3n) is 2.62. The summed E-state index contributed by atoms with van der Waals surface area (Å²) >= 11 is 1.09. The molecule has 8 heteroatoms. The van der Waals surface area contributed by atoms with Gasteiger partial charge in [-0.3, -0.25) is 4.79 Å². The average molecular weight is 307 g/mol. The van der Waals surface area contributed by atoms with Crippen molar-refractivity contribution in [3.05, 3.63) is 47.0 Å². The Hall–Kier alpha value is -2.48. The van der Waals surface area contributed by atoms with Crippen LogP contribution in [0.3, 0.4) is 0 Å². The standard InChI is InChI=1S/C13H13N3O4S/c17-12(18)6-10(11-8-21-16-15-11)14-13(19)20-7-9-4-2-1-3-5-9/h1-5,8,10H,6-7H2,(H,14,19)(H,17,18)/t10-/m0/s1. The van der Waals surface area contributed by atoms with E-state index in [4.69, 9.17) is 9.84 Å². The molecule has 0 spiro atoms. The first kappa shape index (κ1) is 14.9. The summed E-state index contributed by atoms with van der Waals surface area (Å²) in [5, 5.41) is 16.7. The van der Waals surface area contributed by atoms with Crippen molar-refractivity contribution >= 4 is 23.6 Å². The predicted octanol–water partition coefficient (Wildman–Crippen LogP) is 1.98. The van der Waals surface area contributed by atoms with Crippen molar-refractivity contribution in [2.45, 2.75) is 19.1 Å². The van der Waals surface area contributed by atoms with Gasteiger partial charge in [-0.15, -0.1) is 5.10 Å². The van der Waals surface area contributed by atoms with E-state index in [1.807, 2.05) is 30.3 Å². The average Bonchev–Trinajstić information content (AvgIpc) is 2.99. The number of carbonyl (C=O) groups is 2. The van der Waals surface area contributed by atoms with Gasteiger partial charge in [-0.25, -0.2) is 4.79 Å². The third kappa shape index (κ3) is 4.84. The molecule has 0 radical (unpaired) electrons. The molecule has 0 aliphatic rings. The zero-order valence-electron chi connectivity index (χ0n) is 10.9. The highest BCUT2D eigenvalue weighted by Gasteiger charge is 2.21. The summed E-state index contributed by atoms with van der Waals surface area (Å²) in [5.41, 5.74) is 1.25. The Morgan fingerprint density at radius 3 is 2.71 bits per heavy atom. The molecule has 1 aromatic heterocycles. The van der Waals surface area contributed by atoms with Crippen molar-refractivity contribution < 1.29 is 19.4 Å². The molecule has 0 unspecified atom stereocenters. The van der Waals surface area contributed by atoms with E-state index in [1.54, 1.807) is 5.38 Å². The molecule has 0 bridgehead atoms. The van der Waals surface area contributed by atoms with Gasteiger partial charge in [0, 0.05) is 5.38 Å². The van der Waals surface area contributed by atoms with Gasteiger partial charge in [0.15, 0.2) is 0 Å². The van der Waals surface area contributed by atoms with Gasteiger partial charge >= 0.3 is 12.1 Å². The fourth-order valence-electron chi connectivity index (χ4n) is 1.63. The van der Waals surface area contributed by atoms with Crippen LogP contribution in [0.25, 0.3) is 0 Å². The van der Waals surface area contributed by atoms with Gasteiger partial charge in [0.2, 0.25) is 0 Å². The predicted molar refractivity (Wildman–Crippen MR) is 74.7 cm³/mol. The first-order chi connectivity index (χ1) is 10.1. The molecule has 1 atom stereocenters. The highest BCUT2D eigenvalue weighted by atomic mass is 32.1. The third-order valence-corrected chi connectivity index (χ3v) is 3.14. The topological polar surface area (TPSA) is 101 Å². The number of hydrogen-bond donors (Lipinski definition) is 2. The van der Waals surface area contributed by atoms with Gasteiger partial charge in [0.05, 0.1) is 18.2 Å². The normalized spacial score (nSPS) is 11.6. The monoisotopic (exact) mass is 307 g/mol. The fourth-order valence-corrected chi connectivity index (χ4v) is 2.14. The maximum Gasteiger partial charge on any atom is 0.408 e. The second-order valence-corrected chi connectivity index (χ2v) is 4.80. The summed E-state index contributed by atoms with van der Waals surface area (Å²) in [6.45, 7) is 0.113. The van der Waals surface area contributed by atoms with Crippen molar-refractivity contribution in [2.75, 3.05) is 0 Å². The van der Waals surface area contributed by atoms with Crippen molar-refractivity contribution in [2.24, 2.45) is 0 Å². The smallest absolute Gasteiger partial charge is 0.408 e. The Kier molecular flexibility index (Phi) is 5.22. The van der Waals surface area contributed by atoms with Crippen LogP contribution in [0.15, 0.2) is 35.7 Å². The molecule has 0 fully saturated rings. The molecule has 0 saturated heterocycles. The Morgan fingerprint density at radius 1 is 1.33 bits per heavy atom. The number of nitrogens with zero attached hydrogens (tertiary/aromatic N) is 2. The number of alkyl carbamates (subject to hydrolysis) is 1. The second kappa shape index (κ2) is 7.34. The van der Waals surface area contributed by atoms with Gasteiger partial charge < -0.3 is 15.2 Å². The maximum atomic E-state index is 11.7. The molecule has 1 amide bonds. The van der Waals surface area contributed by atoms with E-state index in [1.165, 1.54) is 0 Å². The van der Waals surface area contributed by atoms with Crippen LogP contribution in [0.5, 0.6) is 0 Å². The summed E-state index contributed by atoms with van der Waals surface area (Å²) in [5.74, 6) is -1.05. The number of amides is 1. The van der Waals surface area contributed by atoms with Gasteiger partial charge in [-0.1, -0.05) is 34.8 Å². The van der Waals surface area contributed by atoms with Crippen LogP contribution in [0.4, 0.5) is 4.79 Å². The number of benzene rings is 1. The number of carbonyl (C=O) groups excluding carboxylic acids is 1. The summed E-state index contributed by atoms with van der Waals surface area (Å²) in [6.07, 6.45) is -0.982. The van der Waals surface area contributed by atoms with Crippen LogP contribution in [-0.4, -0.2) is 26.8 Å². The number of aliphatic carboxylic acids is 1. The van der Waals surface area contributed by atoms with Crippen LogP contribution < -0.4 is 5.32 Å². The molecule has 7 nitrogen and oxygen atoms in total. The highest BCUT2D eigenvalue weighted by Crippen LogP contribution is 2.15. The van der Waals surface area contributed by atoms with Crippen molar-refractivity contribution in [3.63, 3.8) is 0 Å². The molecular weight excluding hydrogens is 294 g/mol. The van der Waals surface area contributed by atoms with Crippen LogP contribution >= 0.6 is 11.5 Å². The SMILES string of the molecule is O=C(O)C[C@H](NC(=O)OCc1ccccc1)c1csnn1. The molecule has 1 aromatic carbocycles. The number of carboxylic acids is 1. The van der Waals surface area contributed by atoms with E-state index in [0.717, 1.165) is 17.1 Å². The summed E-state index contributed by atoms with van der Waals surface area (Å²) in [7, 11) is 0. The second-order valence-electron chi connectivity index (χ2n) is 4.19. The Morgan fingerprint density at radius 2 is 2.10 bits per heavy atom. The Labute approximate surface area is 124 Å². The molecule has 2 aromatic rings. The van der Waals surface area contributed by atoms with Crippen LogP contribution in [0, 0.1) is 0 Å². The van der Waals surface area contributed by atoms with E-state index in [2.05, 4.69) is 14.9 Å². The zero-order valence-corrected chi connectivity index (χ0v) is 11.7. The molecule has 110 valence electrons. The summed E-state index contributed by atoms with van der Waals surface area (Å²) in [4.78, 5) is 22.6. The highest BCUT2D eigenvalue weighted by molar-refractivity contribution is 7.03. The van der Waals surface area contributed by atoms with E-state index < -0.39 is 18.1 Å². The van der Waals surface area contributed by atoms with E-state index in [0.29, 0.717) is 5.69 Å².